The normalized spacial score (nSPS) is 13.7. The Kier molecular flexibility index (Phi) is 6.62. The Morgan fingerprint density at radius 3 is 2.69 bits per heavy atom. The van der Waals surface area contributed by atoms with E-state index in [9.17, 15) is 19.2 Å². The first-order chi connectivity index (χ1) is 18.6. The van der Waals surface area contributed by atoms with Gasteiger partial charge in [-0.05, 0) is 36.6 Å². The summed E-state index contributed by atoms with van der Waals surface area (Å²) in [5, 5.41) is 12.3. The molecule has 1 aliphatic rings. The van der Waals surface area contributed by atoms with Crippen LogP contribution in [-0.4, -0.2) is 28.2 Å². The number of nitrogens with one attached hydrogen (secondary N) is 1. The van der Waals surface area contributed by atoms with E-state index in [1.807, 2.05) is 6.07 Å². The average molecular weight is 567 g/mol. The quantitative estimate of drug-likeness (QED) is 0.292. The fourth-order valence-electron chi connectivity index (χ4n) is 5.05. The van der Waals surface area contributed by atoms with Gasteiger partial charge in [-0.1, -0.05) is 23.7 Å². The number of anilines is 3. The number of hydrogen-bond acceptors (Lipinski definition) is 7. The van der Waals surface area contributed by atoms with E-state index in [2.05, 4.69) is 10.3 Å². The minimum absolute atomic E-state index is 0.0103. The number of amides is 2. The van der Waals surface area contributed by atoms with Gasteiger partial charge in [0, 0.05) is 36.2 Å². The molecule has 4 aromatic rings. The number of carbonyl (C=O) groups is 2. The lowest BCUT2D eigenvalue weighted by Gasteiger charge is -2.36. The molecule has 0 spiro atoms. The molecular weight excluding hydrogens is 546 g/mol. The van der Waals surface area contributed by atoms with Gasteiger partial charge >= 0.3 is 0 Å². The van der Waals surface area contributed by atoms with Crippen LogP contribution in [0.4, 0.5) is 25.3 Å². The molecule has 2 aromatic carbocycles. The minimum atomic E-state index is -0.987. The summed E-state index contributed by atoms with van der Waals surface area (Å²) in [5.74, 6) is -2.52. The third-order valence-corrected chi connectivity index (χ3v) is 8.29. The van der Waals surface area contributed by atoms with Crippen LogP contribution in [0.3, 0.4) is 0 Å². The van der Waals surface area contributed by atoms with Crippen LogP contribution in [0.2, 0.25) is 5.02 Å². The second-order valence-corrected chi connectivity index (χ2v) is 10.5. The van der Waals surface area contributed by atoms with Gasteiger partial charge in [0.1, 0.15) is 22.7 Å². The molecule has 1 aliphatic heterocycles. The first kappa shape index (κ1) is 26.3. The number of nitrogens with two attached hydrogens (primary N) is 2. The molecule has 0 fully saturated rings. The summed E-state index contributed by atoms with van der Waals surface area (Å²) < 4.78 is 31.2. The van der Waals surface area contributed by atoms with Crippen LogP contribution in [-0.2, 0) is 11.2 Å². The molecule has 0 bridgehead atoms. The maximum absolute atomic E-state index is 16.4. The number of nitriles is 1. The van der Waals surface area contributed by atoms with E-state index in [-0.39, 0.29) is 66.8 Å². The topological polar surface area (TPSA) is 138 Å². The predicted octanol–water partition coefficient (Wildman–Crippen LogP) is 5.65. The average Bonchev–Trinajstić information content (AvgIpc) is 3.24. The van der Waals surface area contributed by atoms with Gasteiger partial charge in [-0.3, -0.25) is 9.59 Å². The van der Waals surface area contributed by atoms with Gasteiger partial charge < -0.3 is 21.7 Å². The molecule has 0 radical (unpaired) electrons. The summed E-state index contributed by atoms with van der Waals surface area (Å²) in [7, 11) is 0. The Morgan fingerprint density at radius 2 is 2.03 bits per heavy atom. The molecule has 198 valence electrons. The van der Waals surface area contributed by atoms with Crippen LogP contribution in [0.15, 0.2) is 30.5 Å². The summed E-state index contributed by atoms with van der Waals surface area (Å²) >= 11 is 7.66. The van der Waals surface area contributed by atoms with E-state index in [0.29, 0.717) is 11.1 Å². The zero-order valence-corrected chi connectivity index (χ0v) is 22.3. The van der Waals surface area contributed by atoms with Gasteiger partial charge in [0.15, 0.2) is 5.82 Å². The van der Waals surface area contributed by atoms with Crippen molar-refractivity contribution in [1.29, 1.82) is 5.26 Å². The van der Waals surface area contributed by atoms with E-state index < -0.39 is 29.5 Å². The molecule has 0 saturated carbocycles. The predicted molar refractivity (Wildman–Crippen MR) is 147 cm³/mol. The zero-order chi connectivity index (χ0) is 28.2. The molecule has 0 saturated heterocycles. The Morgan fingerprint density at radius 1 is 1.28 bits per heavy atom. The molecule has 1 unspecified atom stereocenters. The van der Waals surface area contributed by atoms with Crippen molar-refractivity contribution >= 4 is 61.3 Å². The number of pyridine rings is 1. The summed E-state index contributed by atoms with van der Waals surface area (Å²) in [4.78, 5) is 31.6. The molecule has 12 heteroatoms. The Hall–Kier alpha value is -4.27. The smallest absolute Gasteiger partial charge is 0.256 e. The van der Waals surface area contributed by atoms with Crippen LogP contribution in [0.5, 0.6) is 0 Å². The Bertz CT molecular complexity index is 1750. The van der Waals surface area contributed by atoms with Crippen LogP contribution in [0, 0.1) is 23.0 Å². The SMILES string of the molecule is CC(=O)Nc1c(F)c(-c2ccc(F)c3sc(N)c(C#N)c23)c(Cl)c2c1C(=O)N(C(C)c1cccnc1N)CC2. The fraction of sp³-hybridized carbons (Fsp3) is 0.185. The van der Waals surface area contributed by atoms with Crippen LogP contribution in [0.25, 0.3) is 21.2 Å². The maximum Gasteiger partial charge on any atom is 0.256 e. The summed E-state index contributed by atoms with van der Waals surface area (Å²) in [5.41, 5.74) is 12.5. The first-order valence-electron chi connectivity index (χ1n) is 11.8. The van der Waals surface area contributed by atoms with Gasteiger partial charge in [-0.15, -0.1) is 11.3 Å². The lowest BCUT2D eigenvalue weighted by Crippen LogP contribution is -2.40. The van der Waals surface area contributed by atoms with E-state index in [4.69, 9.17) is 23.1 Å². The highest BCUT2D eigenvalue weighted by molar-refractivity contribution is 7.23. The minimum Gasteiger partial charge on any atom is -0.389 e. The lowest BCUT2D eigenvalue weighted by molar-refractivity contribution is -0.114. The molecule has 5 rings (SSSR count). The standard InChI is InChI=1S/C27H21ClF2N6O2S/c1-11(13-4-3-8-34-25(13)32)36-9-7-15-20(27(36)38)23(35-12(2)37)22(30)19(21(15)28)14-5-6-17(29)24-18(14)16(10-31)26(33)39-24/h3-6,8,11H,7,9,33H2,1-2H3,(H2,32,34)(H,35,37). The van der Waals surface area contributed by atoms with Gasteiger partial charge in [0.2, 0.25) is 5.91 Å². The van der Waals surface area contributed by atoms with Crippen molar-refractivity contribution in [3.8, 4) is 17.2 Å². The van der Waals surface area contributed by atoms with Crippen molar-refractivity contribution in [3.05, 3.63) is 69.4 Å². The van der Waals surface area contributed by atoms with Crippen molar-refractivity contribution in [2.75, 3.05) is 23.3 Å². The third kappa shape index (κ3) is 4.13. The van der Waals surface area contributed by atoms with E-state index in [0.717, 1.165) is 17.4 Å². The lowest BCUT2D eigenvalue weighted by atomic mass is 9.89. The monoisotopic (exact) mass is 566 g/mol. The summed E-state index contributed by atoms with van der Waals surface area (Å²) in [6, 6.07) is 7.35. The van der Waals surface area contributed by atoms with Gasteiger partial charge in [-0.2, -0.15) is 5.26 Å². The number of rotatable bonds is 4. The number of thiophene rings is 1. The maximum atomic E-state index is 16.4. The number of halogens is 3. The molecule has 3 heterocycles. The number of carbonyl (C=O) groups excluding carboxylic acids is 2. The number of nitrogen functional groups attached to an aromatic ring is 2. The summed E-state index contributed by atoms with van der Waals surface area (Å²) in [6.07, 6.45) is 1.77. The molecule has 0 aliphatic carbocycles. The third-order valence-electron chi connectivity index (χ3n) is 6.84. The van der Waals surface area contributed by atoms with Gasteiger partial charge in [0.25, 0.3) is 5.91 Å². The molecule has 2 aromatic heterocycles. The second kappa shape index (κ2) is 9.80. The van der Waals surface area contributed by atoms with E-state index >= 15 is 4.39 Å². The van der Waals surface area contributed by atoms with Crippen molar-refractivity contribution < 1.29 is 18.4 Å². The second-order valence-electron chi connectivity index (χ2n) is 9.07. The van der Waals surface area contributed by atoms with Crippen molar-refractivity contribution in [2.24, 2.45) is 0 Å². The number of benzene rings is 2. The van der Waals surface area contributed by atoms with E-state index in [1.54, 1.807) is 19.1 Å². The number of fused-ring (bicyclic) bond motifs is 2. The highest BCUT2D eigenvalue weighted by Crippen LogP contribution is 2.48. The molecule has 8 nitrogen and oxygen atoms in total. The highest BCUT2D eigenvalue weighted by Gasteiger charge is 2.37. The number of aromatic nitrogens is 1. The number of hydrogen-bond donors (Lipinski definition) is 3. The molecule has 2 amide bonds. The van der Waals surface area contributed by atoms with Crippen molar-refractivity contribution in [2.45, 2.75) is 26.3 Å². The van der Waals surface area contributed by atoms with Crippen LogP contribution < -0.4 is 16.8 Å². The number of nitrogens with zero attached hydrogens (tertiary/aromatic N) is 3. The molecule has 39 heavy (non-hydrogen) atoms. The van der Waals surface area contributed by atoms with Crippen molar-refractivity contribution in [3.63, 3.8) is 0 Å². The highest BCUT2D eigenvalue weighted by atomic mass is 35.5. The fourth-order valence-corrected chi connectivity index (χ4v) is 6.37. The molecule has 5 N–H and O–H groups in total. The Balaban J connectivity index is 1.76. The van der Waals surface area contributed by atoms with Gasteiger partial charge in [0.05, 0.1) is 32.6 Å². The Labute approximate surface area is 230 Å². The van der Waals surface area contributed by atoms with Crippen LogP contribution in [0.1, 0.15) is 46.9 Å². The first-order valence-corrected chi connectivity index (χ1v) is 13.0. The zero-order valence-electron chi connectivity index (χ0n) is 20.7. The van der Waals surface area contributed by atoms with Gasteiger partial charge in [-0.25, -0.2) is 13.8 Å². The van der Waals surface area contributed by atoms with Crippen LogP contribution >= 0.6 is 22.9 Å². The largest absolute Gasteiger partial charge is 0.389 e. The molecular formula is C27H21ClF2N6O2S. The van der Waals surface area contributed by atoms with Crippen molar-refractivity contribution in [1.82, 2.24) is 9.88 Å². The molecule has 1 atom stereocenters. The summed E-state index contributed by atoms with van der Waals surface area (Å²) in [6.45, 7) is 3.19. The van der Waals surface area contributed by atoms with E-state index in [1.165, 1.54) is 24.1 Å².